The van der Waals surface area contributed by atoms with E-state index in [2.05, 4.69) is 32.0 Å². The molecule has 0 N–H and O–H groups in total. The van der Waals surface area contributed by atoms with Gasteiger partial charge >= 0.3 is 0 Å². The van der Waals surface area contributed by atoms with Crippen LogP contribution in [0.3, 0.4) is 0 Å². The average molecular weight is 359 g/mol. The molecular formula is C18H19ClN4S. The molecule has 3 rings (SSSR count). The van der Waals surface area contributed by atoms with Gasteiger partial charge in [0.2, 0.25) is 0 Å². The van der Waals surface area contributed by atoms with Gasteiger partial charge in [-0.25, -0.2) is 0 Å². The number of hydrogen-bond donors (Lipinski definition) is 0. The van der Waals surface area contributed by atoms with Crippen molar-refractivity contribution in [2.24, 2.45) is 7.05 Å². The monoisotopic (exact) mass is 358 g/mol. The zero-order valence-corrected chi connectivity index (χ0v) is 15.1. The topological polar surface area (TPSA) is 35.6 Å². The van der Waals surface area contributed by atoms with Gasteiger partial charge in [-0.2, -0.15) is 0 Å². The van der Waals surface area contributed by atoms with Gasteiger partial charge in [-0.05, 0) is 29.8 Å². The Labute approximate surface area is 151 Å². The Morgan fingerprint density at radius 2 is 2.00 bits per heavy atom. The lowest BCUT2D eigenvalue weighted by Crippen LogP contribution is -2.06. The quantitative estimate of drug-likeness (QED) is 0.465. The normalized spacial score (nSPS) is 10.9. The lowest BCUT2D eigenvalue weighted by Gasteiger charge is -2.08. The molecule has 0 saturated heterocycles. The molecule has 4 nitrogen and oxygen atoms in total. The minimum atomic E-state index is 0.704. The fraction of sp³-hybridized carbons (Fsp3) is 0.222. The summed E-state index contributed by atoms with van der Waals surface area (Å²) in [5.41, 5.74) is 2.42. The summed E-state index contributed by atoms with van der Waals surface area (Å²) < 4.78 is 4.23. The molecule has 1 aromatic carbocycles. The molecule has 24 heavy (non-hydrogen) atoms. The van der Waals surface area contributed by atoms with Crippen LogP contribution in [-0.2, 0) is 25.8 Å². The van der Waals surface area contributed by atoms with Gasteiger partial charge in [0.1, 0.15) is 5.82 Å². The molecule has 0 radical (unpaired) electrons. The largest absolute Gasteiger partial charge is 0.354 e. The summed E-state index contributed by atoms with van der Waals surface area (Å²) in [7, 11) is 2.04. The molecule has 3 aromatic rings. The SMILES string of the molecule is C=CCn1c(Cc2cccn2C)nnc1SCc1ccc(Cl)cc1. The van der Waals surface area contributed by atoms with Crippen LogP contribution in [0.4, 0.5) is 0 Å². The number of aryl methyl sites for hydroxylation is 1. The number of nitrogens with zero attached hydrogens (tertiary/aromatic N) is 4. The highest BCUT2D eigenvalue weighted by Crippen LogP contribution is 2.24. The lowest BCUT2D eigenvalue weighted by atomic mass is 10.2. The van der Waals surface area contributed by atoms with Gasteiger partial charge in [-0.1, -0.05) is 41.6 Å². The number of aromatic nitrogens is 4. The van der Waals surface area contributed by atoms with Gasteiger partial charge in [-0.15, -0.1) is 16.8 Å². The van der Waals surface area contributed by atoms with Crippen LogP contribution in [0.2, 0.25) is 5.02 Å². The molecule has 0 aliphatic heterocycles. The van der Waals surface area contributed by atoms with E-state index >= 15 is 0 Å². The Balaban J connectivity index is 1.76. The van der Waals surface area contributed by atoms with Crippen molar-refractivity contribution in [2.75, 3.05) is 0 Å². The first-order chi connectivity index (χ1) is 11.7. The van der Waals surface area contributed by atoms with Crippen molar-refractivity contribution in [1.29, 1.82) is 0 Å². The summed E-state index contributed by atoms with van der Waals surface area (Å²) in [5, 5.41) is 10.4. The number of benzene rings is 1. The summed E-state index contributed by atoms with van der Waals surface area (Å²) in [4.78, 5) is 0. The second-order valence-corrected chi connectivity index (χ2v) is 6.88. The van der Waals surface area contributed by atoms with Crippen LogP contribution >= 0.6 is 23.4 Å². The standard InChI is InChI=1S/C18H19ClN4S/c1-3-10-23-17(12-16-5-4-11-22(16)2)20-21-18(23)24-13-14-6-8-15(19)9-7-14/h3-9,11H,1,10,12-13H2,2H3. The molecule has 2 heterocycles. The summed E-state index contributed by atoms with van der Waals surface area (Å²) in [6.45, 7) is 4.56. The summed E-state index contributed by atoms with van der Waals surface area (Å²) in [5.74, 6) is 1.78. The van der Waals surface area contributed by atoms with E-state index in [1.54, 1.807) is 11.8 Å². The van der Waals surface area contributed by atoms with Crippen molar-refractivity contribution < 1.29 is 0 Å². The maximum absolute atomic E-state index is 5.93. The minimum absolute atomic E-state index is 0.704. The molecule has 0 fully saturated rings. The number of halogens is 1. The number of thioether (sulfide) groups is 1. The third-order valence-electron chi connectivity index (χ3n) is 3.78. The van der Waals surface area contributed by atoms with Gasteiger partial charge < -0.3 is 9.13 Å². The van der Waals surface area contributed by atoms with Crippen LogP contribution in [0.1, 0.15) is 17.1 Å². The second-order valence-electron chi connectivity index (χ2n) is 5.50. The lowest BCUT2D eigenvalue weighted by molar-refractivity contribution is 0.681. The minimum Gasteiger partial charge on any atom is -0.354 e. The van der Waals surface area contributed by atoms with E-state index in [-0.39, 0.29) is 0 Å². The van der Waals surface area contributed by atoms with Crippen molar-refractivity contribution in [1.82, 2.24) is 19.3 Å². The molecule has 0 atom stereocenters. The first-order valence-corrected chi connectivity index (χ1v) is 9.04. The third kappa shape index (κ3) is 3.91. The van der Waals surface area contributed by atoms with E-state index in [0.29, 0.717) is 6.54 Å². The highest BCUT2D eigenvalue weighted by Gasteiger charge is 2.13. The fourth-order valence-electron chi connectivity index (χ4n) is 2.44. The first kappa shape index (κ1) is 16.9. The Morgan fingerprint density at radius 3 is 2.67 bits per heavy atom. The molecule has 0 saturated carbocycles. The Morgan fingerprint density at radius 1 is 1.21 bits per heavy atom. The maximum Gasteiger partial charge on any atom is 0.191 e. The maximum atomic E-state index is 5.93. The summed E-state index contributed by atoms with van der Waals surface area (Å²) >= 11 is 7.61. The molecule has 2 aromatic heterocycles. The fourth-order valence-corrected chi connectivity index (χ4v) is 3.49. The third-order valence-corrected chi connectivity index (χ3v) is 5.07. The molecule has 124 valence electrons. The van der Waals surface area contributed by atoms with Crippen molar-refractivity contribution in [3.63, 3.8) is 0 Å². The predicted octanol–water partition coefficient (Wildman–Crippen LogP) is 4.34. The van der Waals surface area contributed by atoms with Crippen molar-refractivity contribution in [3.05, 3.63) is 77.4 Å². The average Bonchev–Trinajstić information content (AvgIpc) is 3.15. The Bertz CT molecular complexity index is 820. The van der Waals surface area contributed by atoms with Crippen LogP contribution in [0.15, 0.2) is 60.4 Å². The highest BCUT2D eigenvalue weighted by atomic mass is 35.5. The molecule has 0 bridgehead atoms. The Kier molecular flexibility index (Phi) is 5.43. The zero-order valence-electron chi connectivity index (χ0n) is 13.5. The van der Waals surface area contributed by atoms with E-state index in [4.69, 9.17) is 11.6 Å². The van der Waals surface area contributed by atoms with Crippen LogP contribution < -0.4 is 0 Å². The molecule has 0 aliphatic rings. The van der Waals surface area contributed by atoms with Crippen LogP contribution in [0.5, 0.6) is 0 Å². The molecule has 0 spiro atoms. The predicted molar refractivity (Wildman–Crippen MR) is 99.5 cm³/mol. The molecule has 0 aliphatic carbocycles. The number of rotatable bonds is 7. The van der Waals surface area contributed by atoms with Gasteiger partial charge in [-0.3, -0.25) is 0 Å². The summed E-state index contributed by atoms with van der Waals surface area (Å²) in [6, 6.07) is 12.0. The van der Waals surface area contributed by atoms with Crippen molar-refractivity contribution in [3.8, 4) is 0 Å². The van der Waals surface area contributed by atoms with Gasteiger partial charge in [0.05, 0.1) is 0 Å². The molecule has 0 amide bonds. The van der Waals surface area contributed by atoms with E-state index in [9.17, 15) is 0 Å². The smallest absolute Gasteiger partial charge is 0.191 e. The molecular weight excluding hydrogens is 340 g/mol. The zero-order chi connectivity index (χ0) is 16.9. The van der Waals surface area contributed by atoms with Crippen molar-refractivity contribution in [2.45, 2.75) is 23.9 Å². The van der Waals surface area contributed by atoms with Crippen LogP contribution in [0.25, 0.3) is 0 Å². The van der Waals surface area contributed by atoms with E-state index in [1.165, 1.54) is 11.3 Å². The van der Waals surface area contributed by atoms with Gasteiger partial charge in [0, 0.05) is 42.7 Å². The first-order valence-electron chi connectivity index (χ1n) is 7.68. The van der Waals surface area contributed by atoms with E-state index < -0.39 is 0 Å². The van der Waals surface area contributed by atoms with E-state index in [1.807, 2.05) is 49.7 Å². The highest BCUT2D eigenvalue weighted by molar-refractivity contribution is 7.98. The van der Waals surface area contributed by atoms with Crippen LogP contribution in [-0.4, -0.2) is 19.3 Å². The van der Waals surface area contributed by atoms with Gasteiger partial charge in [0.25, 0.3) is 0 Å². The van der Waals surface area contributed by atoms with Gasteiger partial charge in [0.15, 0.2) is 5.16 Å². The van der Waals surface area contributed by atoms with E-state index in [0.717, 1.165) is 28.2 Å². The summed E-state index contributed by atoms with van der Waals surface area (Å²) in [6.07, 6.45) is 4.68. The van der Waals surface area contributed by atoms with Crippen molar-refractivity contribution >= 4 is 23.4 Å². The second kappa shape index (κ2) is 7.73. The number of hydrogen-bond acceptors (Lipinski definition) is 3. The molecule has 6 heteroatoms. The number of allylic oxidation sites excluding steroid dienone is 1. The van der Waals surface area contributed by atoms with Crippen LogP contribution in [0, 0.1) is 0 Å². The molecule has 0 unspecified atom stereocenters. The Hall–Kier alpha value is -1.98.